The Morgan fingerprint density at radius 3 is 2.47 bits per heavy atom. The molecule has 1 heterocycles. The maximum absolute atomic E-state index is 11.9. The molecule has 0 spiro atoms. The number of nitrogens with zero attached hydrogens (tertiary/aromatic N) is 3. The van der Waals surface area contributed by atoms with E-state index in [9.17, 15) is 9.59 Å². The maximum atomic E-state index is 11.9. The van der Waals surface area contributed by atoms with Crippen molar-refractivity contribution in [1.82, 2.24) is 15.2 Å². The number of piperazine rings is 1. The molecule has 0 saturated carbocycles. The Morgan fingerprint density at radius 2 is 1.89 bits per heavy atom. The van der Waals surface area contributed by atoms with Gasteiger partial charge in [0.05, 0.1) is 6.07 Å². The van der Waals surface area contributed by atoms with Gasteiger partial charge in [0.15, 0.2) is 0 Å². The third-order valence-corrected chi connectivity index (χ3v) is 3.22. The Balaban J connectivity index is 2.18. The van der Waals surface area contributed by atoms with Crippen molar-refractivity contribution in [3.05, 3.63) is 0 Å². The van der Waals surface area contributed by atoms with E-state index in [-0.39, 0.29) is 18.2 Å². The second-order valence-corrected chi connectivity index (χ2v) is 4.55. The van der Waals surface area contributed by atoms with Crippen molar-refractivity contribution in [2.75, 3.05) is 32.7 Å². The number of nitriles is 1. The minimum atomic E-state index is -0.242. The van der Waals surface area contributed by atoms with Crippen LogP contribution in [0.25, 0.3) is 0 Å². The van der Waals surface area contributed by atoms with E-state index in [2.05, 4.69) is 11.0 Å². The van der Waals surface area contributed by atoms with E-state index in [0.717, 1.165) is 19.6 Å². The summed E-state index contributed by atoms with van der Waals surface area (Å²) >= 11 is 0. The standard InChI is InChI=1S/C12H21N5O2/c13-5-2-6-16-7-9-17(10-8-16)12(19)4-1-3-11(18)15-14/h1-4,6-10,14H2,(H,15,18). The first-order chi connectivity index (χ1) is 9.17. The Labute approximate surface area is 113 Å². The van der Waals surface area contributed by atoms with Gasteiger partial charge in [-0.05, 0) is 6.42 Å². The lowest BCUT2D eigenvalue weighted by molar-refractivity contribution is -0.133. The molecule has 0 atom stereocenters. The molecule has 3 N–H and O–H groups in total. The molecule has 0 aromatic carbocycles. The van der Waals surface area contributed by atoms with Gasteiger partial charge >= 0.3 is 0 Å². The fourth-order valence-corrected chi connectivity index (χ4v) is 2.06. The van der Waals surface area contributed by atoms with Crippen molar-refractivity contribution in [2.24, 2.45) is 5.84 Å². The van der Waals surface area contributed by atoms with Crippen LogP contribution in [-0.4, -0.2) is 54.3 Å². The Kier molecular flexibility index (Phi) is 6.85. The minimum Gasteiger partial charge on any atom is -0.340 e. The average molecular weight is 267 g/mol. The normalized spacial score (nSPS) is 15.9. The van der Waals surface area contributed by atoms with Crippen molar-refractivity contribution in [3.63, 3.8) is 0 Å². The van der Waals surface area contributed by atoms with E-state index >= 15 is 0 Å². The van der Waals surface area contributed by atoms with Crippen LogP contribution in [0.1, 0.15) is 25.7 Å². The molecule has 1 saturated heterocycles. The molecule has 0 aromatic heterocycles. The van der Waals surface area contributed by atoms with Crippen molar-refractivity contribution in [1.29, 1.82) is 5.26 Å². The highest BCUT2D eigenvalue weighted by Gasteiger charge is 2.20. The zero-order chi connectivity index (χ0) is 14.1. The molecule has 106 valence electrons. The Morgan fingerprint density at radius 1 is 1.21 bits per heavy atom. The van der Waals surface area contributed by atoms with Gasteiger partial charge in [0.1, 0.15) is 0 Å². The summed E-state index contributed by atoms with van der Waals surface area (Å²) in [5, 5.41) is 8.52. The molecule has 7 heteroatoms. The molecule has 2 amide bonds. The van der Waals surface area contributed by atoms with Crippen LogP contribution in [0.4, 0.5) is 0 Å². The number of carbonyl (C=O) groups excluding carboxylic acids is 2. The Bertz CT molecular complexity index is 345. The van der Waals surface area contributed by atoms with E-state index in [1.54, 1.807) is 0 Å². The predicted octanol–water partition coefficient (Wildman–Crippen LogP) is -0.796. The summed E-state index contributed by atoms with van der Waals surface area (Å²) in [6.45, 7) is 3.81. The van der Waals surface area contributed by atoms with Gasteiger partial charge in [-0.1, -0.05) is 0 Å². The molecule has 0 aromatic rings. The molecular weight excluding hydrogens is 246 g/mol. The number of hydrogen-bond donors (Lipinski definition) is 2. The highest BCUT2D eigenvalue weighted by molar-refractivity contribution is 5.78. The fourth-order valence-electron chi connectivity index (χ4n) is 2.06. The van der Waals surface area contributed by atoms with Crippen LogP contribution >= 0.6 is 0 Å². The fraction of sp³-hybridized carbons (Fsp3) is 0.750. The number of amides is 2. The third kappa shape index (κ3) is 5.68. The number of hydrazine groups is 1. The van der Waals surface area contributed by atoms with Gasteiger partial charge in [0, 0.05) is 52.0 Å². The van der Waals surface area contributed by atoms with Gasteiger partial charge in [0.2, 0.25) is 11.8 Å². The third-order valence-electron chi connectivity index (χ3n) is 3.22. The molecule has 1 rings (SSSR count). The van der Waals surface area contributed by atoms with Gasteiger partial charge in [-0.15, -0.1) is 0 Å². The van der Waals surface area contributed by atoms with Crippen LogP contribution in [0.3, 0.4) is 0 Å². The lowest BCUT2D eigenvalue weighted by atomic mass is 10.2. The number of hydrogen-bond acceptors (Lipinski definition) is 5. The van der Waals surface area contributed by atoms with E-state index in [1.165, 1.54) is 0 Å². The SMILES string of the molecule is N#CCCN1CCN(C(=O)CCCC(=O)NN)CC1. The highest BCUT2D eigenvalue weighted by Crippen LogP contribution is 2.06. The second kappa shape index (κ2) is 8.45. The monoisotopic (exact) mass is 267 g/mol. The number of nitrogens with two attached hydrogens (primary N) is 1. The van der Waals surface area contributed by atoms with Crippen molar-refractivity contribution in [3.8, 4) is 6.07 Å². The molecule has 0 radical (unpaired) electrons. The second-order valence-electron chi connectivity index (χ2n) is 4.55. The van der Waals surface area contributed by atoms with E-state index in [4.69, 9.17) is 11.1 Å². The zero-order valence-corrected chi connectivity index (χ0v) is 11.1. The van der Waals surface area contributed by atoms with E-state index < -0.39 is 0 Å². The van der Waals surface area contributed by atoms with Gasteiger partial charge in [-0.25, -0.2) is 5.84 Å². The van der Waals surface area contributed by atoms with Gasteiger partial charge in [0.25, 0.3) is 0 Å². The van der Waals surface area contributed by atoms with Crippen molar-refractivity contribution < 1.29 is 9.59 Å². The van der Waals surface area contributed by atoms with Crippen LogP contribution in [-0.2, 0) is 9.59 Å². The first-order valence-corrected chi connectivity index (χ1v) is 6.54. The summed E-state index contributed by atoms with van der Waals surface area (Å²) in [7, 11) is 0. The smallest absolute Gasteiger partial charge is 0.233 e. The minimum absolute atomic E-state index is 0.0877. The van der Waals surface area contributed by atoms with Crippen LogP contribution in [0, 0.1) is 11.3 Å². The van der Waals surface area contributed by atoms with Crippen LogP contribution in [0.5, 0.6) is 0 Å². The van der Waals surface area contributed by atoms with Crippen LogP contribution in [0.15, 0.2) is 0 Å². The molecule has 0 unspecified atom stereocenters. The zero-order valence-electron chi connectivity index (χ0n) is 11.1. The Hall–Kier alpha value is -1.65. The molecule has 19 heavy (non-hydrogen) atoms. The summed E-state index contributed by atoms with van der Waals surface area (Å²) < 4.78 is 0. The largest absolute Gasteiger partial charge is 0.340 e. The predicted molar refractivity (Wildman–Crippen MR) is 69.4 cm³/mol. The van der Waals surface area contributed by atoms with E-state index in [0.29, 0.717) is 32.4 Å². The van der Waals surface area contributed by atoms with Crippen molar-refractivity contribution in [2.45, 2.75) is 25.7 Å². The first-order valence-electron chi connectivity index (χ1n) is 6.54. The average Bonchev–Trinajstić information content (AvgIpc) is 2.45. The summed E-state index contributed by atoms with van der Waals surface area (Å²) in [5.74, 6) is 4.81. The molecule has 0 aliphatic carbocycles. The van der Waals surface area contributed by atoms with Gasteiger partial charge in [-0.2, -0.15) is 5.26 Å². The summed E-state index contributed by atoms with van der Waals surface area (Å²) in [6.07, 6.45) is 1.72. The van der Waals surface area contributed by atoms with Gasteiger partial charge < -0.3 is 4.90 Å². The molecule has 0 bridgehead atoms. The number of rotatable bonds is 6. The van der Waals surface area contributed by atoms with Crippen LogP contribution < -0.4 is 11.3 Å². The highest BCUT2D eigenvalue weighted by atomic mass is 16.2. The summed E-state index contributed by atoms with van der Waals surface area (Å²) in [6, 6.07) is 2.12. The summed E-state index contributed by atoms with van der Waals surface area (Å²) in [4.78, 5) is 26.8. The van der Waals surface area contributed by atoms with Crippen LogP contribution in [0.2, 0.25) is 0 Å². The quantitative estimate of drug-likeness (QED) is 0.373. The maximum Gasteiger partial charge on any atom is 0.233 e. The van der Waals surface area contributed by atoms with Crippen molar-refractivity contribution >= 4 is 11.8 Å². The molecule has 1 aliphatic heterocycles. The lowest BCUT2D eigenvalue weighted by Crippen LogP contribution is -2.48. The number of nitrogens with one attached hydrogen (secondary N) is 1. The van der Waals surface area contributed by atoms with E-state index in [1.807, 2.05) is 10.3 Å². The van der Waals surface area contributed by atoms with Gasteiger partial charge in [-0.3, -0.25) is 19.9 Å². The first kappa shape index (κ1) is 15.4. The lowest BCUT2D eigenvalue weighted by Gasteiger charge is -2.34. The number of carbonyl (C=O) groups is 2. The molecule has 7 nitrogen and oxygen atoms in total. The molecule has 1 fully saturated rings. The molecule has 1 aliphatic rings. The molecular formula is C12H21N5O2. The topological polar surface area (TPSA) is 102 Å². The summed E-state index contributed by atoms with van der Waals surface area (Å²) in [5.41, 5.74) is 2.05.